The largest absolute Gasteiger partial charge is 0.492 e. The van der Waals surface area contributed by atoms with Crippen molar-refractivity contribution in [3.63, 3.8) is 0 Å². The fourth-order valence-electron chi connectivity index (χ4n) is 2.77. The van der Waals surface area contributed by atoms with Crippen LogP contribution in [-0.4, -0.2) is 48.3 Å². The average Bonchev–Trinajstić information content (AvgIpc) is 2.88. The predicted octanol–water partition coefficient (Wildman–Crippen LogP) is 1.11. The average molecular weight is 291 g/mol. The molecule has 0 bridgehead atoms. The summed E-state index contributed by atoms with van der Waals surface area (Å²) in [4.78, 5) is 2.46. The zero-order valence-corrected chi connectivity index (χ0v) is 13.2. The van der Waals surface area contributed by atoms with Crippen LogP contribution in [-0.2, 0) is 0 Å². The van der Waals surface area contributed by atoms with Crippen LogP contribution in [0.2, 0.25) is 0 Å². The lowest BCUT2D eigenvalue weighted by molar-refractivity contribution is 0.203. The molecule has 1 heterocycles. The standard InChI is InChI=1S/C16H26BNO3/c1-16(2,3)13-8-9-18(12-13)10-11-21-15-6-4-14(5-7-15)17(19)20/h4-7,13,19-20H,8-12H2,1-3H3. The van der Waals surface area contributed by atoms with Gasteiger partial charge in [0, 0.05) is 13.1 Å². The van der Waals surface area contributed by atoms with Crippen molar-refractivity contribution in [3.8, 4) is 5.75 Å². The van der Waals surface area contributed by atoms with Crippen LogP contribution in [0.1, 0.15) is 27.2 Å². The fourth-order valence-corrected chi connectivity index (χ4v) is 2.77. The van der Waals surface area contributed by atoms with E-state index in [1.54, 1.807) is 24.3 Å². The fraction of sp³-hybridized carbons (Fsp3) is 0.625. The monoisotopic (exact) mass is 291 g/mol. The van der Waals surface area contributed by atoms with Crippen molar-refractivity contribution in [2.75, 3.05) is 26.2 Å². The van der Waals surface area contributed by atoms with Gasteiger partial charge in [-0.3, -0.25) is 4.90 Å². The van der Waals surface area contributed by atoms with Gasteiger partial charge < -0.3 is 14.8 Å². The highest BCUT2D eigenvalue weighted by Gasteiger charge is 2.31. The van der Waals surface area contributed by atoms with Crippen molar-refractivity contribution in [1.29, 1.82) is 0 Å². The number of likely N-dealkylation sites (tertiary alicyclic amines) is 1. The van der Waals surface area contributed by atoms with E-state index in [1.807, 2.05) is 0 Å². The summed E-state index contributed by atoms with van der Waals surface area (Å²) in [5.74, 6) is 1.54. The van der Waals surface area contributed by atoms with Crippen LogP contribution >= 0.6 is 0 Å². The van der Waals surface area contributed by atoms with E-state index in [9.17, 15) is 0 Å². The Morgan fingerprint density at radius 2 is 1.90 bits per heavy atom. The number of hydrogen-bond acceptors (Lipinski definition) is 4. The van der Waals surface area contributed by atoms with E-state index in [-0.39, 0.29) is 0 Å². The second-order valence-electron chi connectivity index (χ2n) is 6.94. The van der Waals surface area contributed by atoms with Gasteiger partial charge in [0.2, 0.25) is 0 Å². The maximum Gasteiger partial charge on any atom is 0.488 e. The molecule has 21 heavy (non-hydrogen) atoms. The molecule has 0 aromatic heterocycles. The van der Waals surface area contributed by atoms with E-state index in [1.165, 1.54) is 6.42 Å². The summed E-state index contributed by atoms with van der Waals surface area (Å²) < 4.78 is 5.72. The van der Waals surface area contributed by atoms with Gasteiger partial charge in [0.25, 0.3) is 0 Å². The lowest BCUT2D eigenvalue weighted by Crippen LogP contribution is -2.30. The van der Waals surface area contributed by atoms with Gasteiger partial charge in [-0.2, -0.15) is 0 Å². The SMILES string of the molecule is CC(C)(C)C1CCN(CCOc2ccc(B(O)O)cc2)C1. The Hall–Kier alpha value is -1.04. The zero-order chi connectivity index (χ0) is 15.5. The maximum atomic E-state index is 9.03. The van der Waals surface area contributed by atoms with Gasteiger partial charge in [0.15, 0.2) is 0 Å². The van der Waals surface area contributed by atoms with E-state index < -0.39 is 7.12 Å². The Labute approximate surface area is 127 Å². The highest BCUT2D eigenvalue weighted by atomic mass is 16.5. The minimum atomic E-state index is -1.42. The molecule has 1 aromatic rings. The molecule has 0 saturated carbocycles. The van der Waals surface area contributed by atoms with Crippen LogP contribution in [0.15, 0.2) is 24.3 Å². The van der Waals surface area contributed by atoms with Gasteiger partial charge in [-0.05, 0) is 41.9 Å². The Kier molecular flexibility index (Phi) is 5.30. The van der Waals surface area contributed by atoms with Gasteiger partial charge in [0.1, 0.15) is 12.4 Å². The summed E-state index contributed by atoms with van der Waals surface area (Å²) in [6, 6.07) is 6.89. The minimum Gasteiger partial charge on any atom is -0.492 e. The van der Waals surface area contributed by atoms with Crippen LogP contribution in [0, 0.1) is 11.3 Å². The molecule has 116 valence electrons. The van der Waals surface area contributed by atoms with Crippen molar-refractivity contribution in [3.05, 3.63) is 24.3 Å². The number of benzene rings is 1. The lowest BCUT2D eigenvalue weighted by atomic mass is 9.80. The van der Waals surface area contributed by atoms with Gasteiger partial charge in [0.05, 0.1) is 0 Å². The molecule has 0 radical (unpaired) electrons. The van der Waals surface area contributed by atoms with Gasteiger partial charge in [-0.25, -0.2) is 0 Å². The summed E-state index contributed by atoms with van der Waals surface area (Å²) >= 11 is 0. The van der Waals surface area contributed by atoms with Crippen LogP contribution in [0.25, 0.3) is 0 Å². The highest BCUT2D eigenvalue weighted by molar-refractivity contribution is 6.58. The summed E-state index contributed by atoms with van der Waals surface area (Å²) in [5.41, 5.74) is 0.867. The molecule has 1 aliphatic rings. The van der Waals surface area contributed by atoms with E-state index >= 15 is 0 Å². The highest BCUT2D eigenvalue weighted by Crippen LogP contribution is 2.33. The second-order valence-corrected chi connectivity index (χ2v) is 6.94. The number of nitrogens with zero attached hydrogens (tertiary/aromatic N) is 1. The van der Waals surface area contributed by atoms with Crippen molar-refractivity contribution < 1.29 is 14.8 Å². The van der Waals surface area contributed by atoms with E-state index in [0.29, 0.717) is 17.5 Å². The molecule has 1 fully saturated rings. The topological polar surface area (TPSA) is 52.9 Å². The van der Waals surface area contributed by atoms with Gasteiger partial charge in [-0.15, -0.1) is 0 Å². The Morgan fingerprint density at radius 3 is 2.43 bits per heavy atom. The van der Waals surface area contributed by atoms with Gasteiger partial charge >= 0.3 is 7.12 Å². The third-order valence-electron chi connectivity index (χ3n) is 4.35. The first-order chi connectivity index (χ1) is 9.86. The third-order valence-corrected chi connectivity index (χ3v) is 4.35. The van der Waals surface area contributed by atoms with Crippen LogP contribution in [0.5, 0.6) is 5.75 Å². The Balaban J connectivity index is 1.73. The summed E-state index contributed by atoms with van der Waals surface area (Å²) in [6.45, 7) is 10.9. The maximum absolute atomic E-state index is 9.03. The van der Waals surface area contributed by atoms with Crippen molar-refractivity contribution >= 4 is 12.6 Å². The molecular weight excluding hydrogens is 265 g/mol. The predicted molar refractivity (Wildman–Crippen MR) is 85.8 cm³/mol. The normalized spacial score (nSPS) is 19.8. The first-order valence-corrected chi connectivity index (χ1v) is 7.67. The smallest absolute Gasteiger partial charge is 0.488 e. The molecule has 0 spiro atoms. The molecule has 1 aromatic carbocycles. The molecule has 1 saturated heterocycles. The minimum absolute atomic E-state index is 0.385. The molecule has 2 rings (SSSR count). The Morgan fingerprint density at radius 1 is 1.24 bits per heavy atom. The van der Waals surface area contributed by atoms with E-state index in [2.05, 4.69) is 25.7 Å². The molecular formula is C16H26BNO3. The number of hydrogen-bond donors (Lipinski definition) is 2. The number of ether oxygens (including phenoxy) is 1. The van der Waals surface area contributed by atoms with Crippen molar-refractivity contribution in [1.82, 2.24) is 4.90 Å². The van der Waals surface area contributed by atoms with E-state index in [0.717, 1.165) is 31.3 Å². The third kappa shape index (κ3) is 4.73. The van der Waals surface area contributed by atoms with Crippen LogP contribution in [0.3, 0.4) is 0 Å². The van der Waals surface area contributed by atoms with Gasteiger partial charge in [-0.1, -0.05) is 32.9 Å². The molecule has 0 aliphatic carbocycles. The Bertz CT molecular complexity index is 442. The quantitative estimate of drug-likeness (QED) is 0.798. The molecule has 1 aliphatic heterocycles. The van der Waals surface area contributed by atoms with Crippen molar-refractivity contribution in [2.24, 2.45) is 11.3 Å². The van der Waals surface area contributed by atoms with Crippen molar-refractivity contribution in [2.45, 2.75) is 27.2 Å². The van der Waals surface area contributed by atoms with Crippen LogP contribution < -0.4 is 10.2 Å². The second kappa shape index (κ2) is 6.82. The van der Waals surface area contributed by atoms with E-state index in [4.69, 9.17) is 14.8 Å². The van der Waals surface area contributed by atoms with Crippen LogP contribution in [0.4, 0.5) is 0 Å². The molecule has 2 N–H and O–H groups in total. The summed E-state index contributed by atoms with van der Waals surface area (Å²) in [6.07, 6.45) is 1.27. The molecule has 4 nitrogen and oxygen atoms in total. The molecule has 1 atom stereocenters. The molecule has 1 unspecified atom stereocenters. The molecule has 0 amide bonds. The first-order valence-electron chi connectivity index (χ1n) is 7.67. The zero-order valence-electron chi connectivity index (χ0n) is 13.2. The summed E-state index contributed by atoms with van der Waals surface area (Å²) in [5, 5.41) is 18.1. The lowest BCUT2D eigenvalue weighted by Gasteiger charge is -2.27. The first kappa shape index (κ1) is 16.3. The molecule has 5 heteroatoms. The number of rotatable bonds is 5. The summed E-state index contributed by atoms with van der Waals surface area (Å²) in [7, 11) is -1.42.